The van der Waals surface area contributed by atoms with Gasteiger partial charge in [-0.2, -0.15) is 0 Å². The van der Waals surface area contributed by atoms with Crippen molar-refractivity contribution in [1.82, 2.24) is 0 Å². The van der Waals surface area contributed by atoms with E-state index in [1.807, 2.05) is 6.07 Å². The molecule has 1 aromatic carbocycles. The average molecular weight is 311 g/mol. The fourth-order valence-electron chi connectivity index (χ4n) is 1.02. The number of anilines is 1. The molecule has 1 aromatic rings. The molecule has 0 radical (unpaired) electrons. The Bertz CT molecular complexity index is 300. The van der Waals surface area contributed by atoms with Gasteiger partial charge in [0.1, 0.15) is 5.69 Å². The van der Waals surface area contributed by atoms with Crippen molar-refractivity contribution in [3.05, 3.63) is 15.0 Å². The fraction of sp³-hybridized carbons (Fsp3) is 0.250. The smallest absolute Gasteiger partial charge is 0.159 e. The fourth-order valence-corrected chi connectivity index (χ4v) is 2.53. The summed E-state index contributed by atoms with van der Waals surface area (Å²) in [5, 5.41) is 0. The summed E-state index contributed by atoms with van der Waals surface area (Å²) in [6.07, 6.45) is 0. The van der Waals surface area contributed by atoms with Gasteiger partial charge >= 0.3 is 0 Å². The Hall–Kier alpha value is -0.420. The summed E-state index contributed by atoms with van der Waals surface area (Å²) in [5.74, 6) is 1.17. The number of hydrogen-bond acceptors (Lipinski definition) is 3. The van der Waals surface area contributed by atoms with E-state index in [1.54, 1.807) is 14.2 Å². The summed E-state index contributed by atoms with van der Waals surface area (Å²) in [6, 6.07) is 1.83. The van der Waals surface area contributed by atoms with E-state index in [4.69, 9.17) is 15.2 Å². The molecule has 5 heteroatoms. The number of nitrogen functional groups attached to an aromatic ring is 1. The average Bonchev–Trinajstić information content (AvgIpc) is 2.04. The number of rotatable bonds is 2. The van der Waals surface area contributed by atoms with Crippen LogP contribution in [0.2, 0.25) is 0 Å². The monoisotopic (exact) mass is 309 g/mol. The van der Waals surface area contributed by atoms with Crippen LogP contribution in [0.1, 0.15) is 0 Å². The summed E-state index contributed by atoms with van der Waals surface area (Å²) in [7, 11) is 3.12. The first-order chi connectivity index (χ1) is 6.11. The number of ether oxygens (including phenoxy) is 2. The molecule has 0 atom stereocenters. The third kappa shape index (κ3) is 1.91. The Morgan fingerprint density at radius 3 is 1.77 bits per heavy atom. The minimum Gasteiger partial charge on any atom is -0.493 e. The van der Waals surface area contributed by atoms with Crippen molar-refractivity contribution in [2.75, 3.05) is 20.0 Å². The molecule has 2 N–H and O–H groups in total. The lowest BCUT2D eigenvalue weighted by atomic mass is 10.3. The zero-order valence-corrected chi connectivity index (χ0v) is 10.4. The molecule has 0 bridgehead atoms. The van der Waals surface area contributed by atoms with Crippen molar-refractivity contribution in [2.24, 2.45) is 0 Å². The van der Waals surface area contributed by atoms with Crippen molar-refractivity contribution < 1.29 is 9.47 Å². The molecular formula is C8H9Br2NO2. The molecule has 0 aromatic heterocycles. The van der Waals surface area contributed by atoms with Crippen LogP contribution in [0.25, 0.3) is 0 Å². The van der Waals surface area contributed by atoms with Crippen molar-refractivity contribution in [3.8, 4) is 11.5 Å². The van der Waals surface area contributed by atoms with Crippen LogP contribution in [-0.4, -0.2) is 14.2 Å². The maximum atomic E-state index is 5.80. The van der Waals surface area contributed by atoms with Crippen LogP contribution in [0.5, 0.6) is 11.5 Å². The SMILES string of the molecule is COc1c(Br)cc(Br)c(OC)c1N. The molecule has 0 heterocycles. The van der Waals surface area contributed by atoms with E-state index in [1.165, 1.54) is 0 Å². The predicted molar refractivity (Wildman–Crippen MR) is 59.4 cm³/mol. The second-order valence-electron chi connectivity index (χ2n) is 2.32. The van der Waals surface area contributed by atoms with E-state index in [0.29, 0.717) is 17.2 Å². The highest BCUT2D eigenvalue weighted by atomic mass is 79.9. The van der Waals surface area contributed by atoms with E-state index in [0.717, 1.165) is 8.95 Å². The van der Waals surface area contributed by atoms with E-state index < -0.39 is 0 Å². The second kappa shape index (κ2) is 4.19. The molecule has 0 saturated carbocycles. The molecule has 0 saturated heterocycles. The molecule has 0 aliphatic carbocycles. The maximum absolute atomic E-state index is 5.80. The van der Waals surface area contributed by atoms with Gasteiger partial charge in [0.05, 0.1) is 23.2 Å². The quantitative estimate of drug-likeness (QED) is 0.854. The highest BCUT2D eigenvalue weighted by molar-refractivity contribution is 9.11. The molecule has 0 aliphatic rings. The van der Waals surface area contributed by atoms with Gasteiger partial charge in [-0.25, -0.2) is 0 Å². The summed E-state index contributed by atoms with van der Waals surface area (Å²) in [5.41, 5.74) is 6.27. The molecule has 0 amide bonds. The summed E-state index contributed by atoms with van der Waals surface area (Å²) in [4.78, 5) is 0. The van der Waals surface area contributed by atoms with Gasteiger partial charge < -0.3 is 15.2 Å². The largest absolute Gasteiger partial charge is 0.493 e. The lowest BCUT2D eigenvalue weighted by molar-refractivity contribution is 0.395. The topological polar surface area (TPSA) is 44.5 Å². The first-order valence-electron chi connectivity index (χ1n) is 3.47. The van der Waals surface area contributed by atoms with E-state index >= 15 is 0 Å². The molecular weight excluding hydrogens is 302 g/mol. The maximum Gasteiger partial charge on any atom is 0.159 e. The lowest BCUT2D eigenvalue weighted by Gasteiger charge is -2.12. The number of halogens is 2. The van der Waals surface area contributed by atoms with Gasteiger partial charge in [-0.15, -0.1) is 0 Å². The predicted octanol–water partition coefficient (Wildman–Crippen LogP) is 2.81. The number of methoxy groups -OCH3 is 2. The molecule has 1 rings (SSSR count). The van der Waals surface area contributed by atoms with Crippen LogP contribution < -0.4 is 15.2 Å². The zero-order chi connectivity index (χ0) is 10.0. The molecule has 0 unspecified atom stereocenters. The second-order valence-corrected chi connectivity index (χ2v) is 4.03. The Morgan fingerprint density at radius 1 is 1.08 bits per heavy atom. The van der Waals surface area contributed by atoms with Crippen LogP contribution in [0.15, 0.2) is 15.0 Å². The van der Waals surface area contributed by atoms with Crippen LogP contribution >= 0.6 is 31.9 Å². The third-order valence-electron chi connectivity index (χ3n) is 1.58. The van der Waals surface area contributed by atoms with Gasteiger partial charge in [-0.3, -0.25) is 0 Å². The lowest BCUT2D eigenvalue weighted by Crippen LogP contribution is -1.98. The van der Waals surface area contributed by atoms with Crippen LogP contribution in [-0.2, 0) is 0 Å². The van der Waals surface area contributed by atoms with Crippen LogP contribution in [0.3, 0.4) is 0 Å². The number of benzene rings is 1. The van der Waals surface area contributed by atoms with Gasteiger partial charge in [0.15, 0.2) is 11.5 Å². The van der Waals surface area contributed by atoms with Gasteiger partial charge in [-0.05, 0) is 37.9 Å². The summed E-state index contributed by atoms with van der Waals surface area (Å²) < 4.78 is 11.8. The highest BCUT2D eigenvalue weighted by Crippen LogP contribution is 2.43. The molecule has 13 heavy (non-hydrogen) atoms. The van der Waals surface area contributed by atoms with Crippen molar-refractivity contribution in [2.45, 2.75) is 0 Å². The standard InChI is InChI=1S/C8H9Br2NO2/c1-12-7-4(9)3-5(10)8(13-2)6(7)11/h3H,11H2,1-2H3. The molecule has 72 valence electrons. The van der Waals surface area contributed by atoms with E-state index in [-0.39, 0.29) is 0 Å². The zero-order valence-electron chi connectivity index (χ0n) is 7.23. The van der Waals surface area contributed by atoms with Crippen LogP contribution in [0.4, 0.5) is 5.69 Å². The van der Waals surface area contributed by atoms with Gasteiger partial charge in [-0.1, -0.05) is 0 Å². The van der Waals surface area contributed by atoms with Crippen LogP contribution in [0, 0.1) is 0 Å². The Morgan fingerprint density at radius 2 is 1.46 bits per heavy atom. The third-order valence-corrected chi connectivity index (χ3v) is 2.76. The minimum atomic E-state index is 0.478. The normalized spacial score (nSPS) is 9.85. The highest BCUT2D eigenvalue weighted by Gasteiger charge is 2.14. The molecule has 3 nitrogen and oxygen atoms in total. The Balaban J connectivity index is 3.39. The molecule has 0 aliphatic heterocycles. The minimum absolute atomic E-state index is 0.478. The Kier molecular flexibility index (Phi) is 3.44. The first-order valence-corrected chi connectivity index (χ1v) is 5.05. The van der Waals surface area contributed by atoms with E-state index in [9.17, 15) is 0 Å². The van der Waals surface area contributed by atoms with Crippen molar-refractivity contribution in [1.29, 1.82) is 0 Å². The molecule has 0 fully saturated rings. The van der Waals surface area contributed by atoms with Gasteiger partial charge in [0, 0.05) is 0 Å². The first kappa shape index (κ1) is 10.7. The summed E-state index contributed by atoms with van der Waals surface area (Å²) >= 11 is 6.66. The van der Waals surface area contributed by atoms with Gasteiger partial charge in [0.25, 0.3) is 0 Å². The Labute approximate surface area is 93.5 Å². The van der Waals surface area contributed by atoms with Crippen molar-refractivity contribution in [3.63, 3.8) is 0 Å². The van der Waals surface area contributed by atoms with Gasteiger partial charge in [0.2, 0.25) is 0 Å². The van der Waals surface area contributed by atoms with Crippen molar-refractivity contribution >= 4 is 37.5 Å². The number of hydrogen-bond donors (Lipinski definition) is 1. The van der Waals surface area contributed by atoms with E-state index in [2.05, 4.69) is 31.9 Å². The number of nitrogens with two attached hydrogens (primary N) is 1. The molecule has 0 spiro atoms. The summed E-state index contributed by atoms with van der Waals surface area (Å²) in [6.45, 7) is 0.